The summed E-state index contributed by atoms with van der Waals surface area (Å²) < 4.78 is 0.355. The molecule has 0 aliphatic heterocycles. The van der Waals surface area contributed by atoms with Gasteiger partial charge in [0.15, 0.2) is 5.82 Å². The number of nitrogens with zero attached hydrogens (tertiary/aromatic N) is 1. The molecule has 2 aromatic heterocycles. The van der Waals surface area contributed by atoms with Crippen LogP contribution in [0.25, 0.3) is 10.8 Å². The molecule has 0 spiro atoms. The molecular weight excluding hydrogens is 389 g/mol. The second-order valence-corrected chi connectivity index (χ2v) is 5.23. The first-order valence-electron chi connectivity index (χ1n) is 5.82. The van der Waals surface area contributed by atoms with Gasteiger partial charge in [-0.25, -0.2) is 4.98 Å². The summed E-state index contributed by atoms with van der Waals surface area (Å²) in [6.07, 6.45) is 1.26. The van der Waals surface area contributed by atoms with Crippen LogP contribution in [0.3, 0.4) is 0 Å². The lowest BCUT2D eigenvalue weighted by Gasteiger charge is -2.08. The average Bonchev–Trinajstić information content (AvgIpc) is 2.48. The Morgan fingerprint density at radius 3 is 2.62 bits per heavy atom. The molecule has 21 heavy (non-hydrogen) atoms. The van der Waals surface area contributed by atoms with E-state index >= 15 is 0 Å². The van der Waals surface area contributed by atoms with E-state index < -0.39 is 11.1 Å². The number of fused-ring (bicyclic) bond motifs is 1. The van der Waals surface area contributed by atoms with E-state index in [2.05, 4.69) is 25.5 Å². The minimum absolute atomic E-state index is 0.208. The minimum Gasteiger partial charge on any atom is -0.338 e. The van der Waals surface area contributed by atoms with Crippen LogP contribution in [0.5, 0.6) is 0 Å². The molecule has 0 atom stereocenters. The maximum absolute atomic E-state index is 11.9. The fourth-order valence-electron chi connectivity index (χ4n) is 1.93. The number of hydrogen-bond acceptors (Lipinski definition) is 5. The molecule has 0 fully saturated rings. The van der Waals surface area contributed by atoms with Crippen molar-refractivity contribution in [3.05, 3.63) is 59.2 Å². The molecule has 0 unspecified atom stereocenters. The zero-order valence-corrected chi connectivity index (χ0v) is 12.5. The van der Waals surface area contributed by atoms with Crippen molar-refractivity contribution < 1.29 is 0 Å². The van der Waals surface area contributed by atoms with Crippen molar-refractivity contribution in [3.8, 4) is 0 Å². The molecule has 0 amide bonds. The van der Waals surface area contributed by atoms with Gasteiger partial charge in [0.05, 0.1) is 22.8 Å². The summed E-state index contributed by atoms with van der Waals surface area (Å²) in [7, 11) is 0. The van der Waals surface area contributed by atoms with Gasteiger partial charge in [-0.3, -0.25) is 24.6 Å². The van der Waals surface area contributed by atoms with Crippen molar-refractivity contribution in [1.29, 1.82) is 0 Å². The Morgan fingerprint density at radius 1 is 1.05 bits per heavy atom. The van der Waals surface area contributed by atoms with Crippen LogP contribution in [0.15, 0.2) is 38.9 Å². The van der Waals surface area contributed by atoms with E-state index in [1.165, 1.54) is 6.33 Å². The molecular formula is C12H8IN5O3. The van der Waals surface area contributed by atoms with Crippen molar-refractivity contribution in [3.63, 3.8) is 0 Å². The average molecular weight is 397 g/mol. The van der Waals surface area contributed by atoms with Crippen LogP contribution in [0.4, 0.5) is 11.5 Å². The number of aromatic amines is 3. The number of anilines is 2. The third kappa shape index (κ3) is 2.35. The van der Waals surface area contributed by atoms with Crippen molar-refractivity contribution in [2.75, 3.05) is 5.32 Å². The molecule has 0 saturated carbocycles. The van der Waals surface area contributed by atoms with E-state index in [1.54, 1.807) is 18.2 Å². The van der Waals surface area contributed by atoms with Gasteiger partial charge in [0.1, 0.15) is 3.57 Å². The van der Waals surface area contributed by atoms with Gasteiger partial charge in [-0.05, 0) is 34.7 Å². The van der Waals surface area contributed by atoms with Crippen LogP contribution in [-0.4, -0.2) is 20.2 Å². The SMILES string of the molecule is O=c1[nH]cnc(Nc2cccc3c(=O)[nH][nH]c(=O)c23)c1I. The van der Waals surface area contributed by atoms with Crippen LogP contribution in [0.1, 0.15) is 0 Å². The van der Waals surface area contributed by atoms with Gasteiger partial charge < -0.3 is 10.3 Å². The van der Waals surface area contributed by atoms with Crippen LogP contribution >= 0.6 is 22.6 Å². The molecule has 0 bridgehead atoms. The molecule has 4 N–H and O–H groups in total. The van der Waals surface area contributed by atoms with Crippen molar-refractivity contribution in [2.24, 2.45) is 0 Å². The Bertz CT molecular complexity index is 1000. The molecule has 0 radical (unpaired) electrons. The largest absolute Gasteiger partial charge is 0.338 e. The molecule has 2 heterocycles. The lowest BCUT2D eigenvalue weighted by molar-refractivity contribution is 0.976. The molecule has 1 aromatic carbocycles. The number of rotatable bonds is 2. The van der Waals surface area contributed by atoms with Crippen LogP contribution in [0.2, 0.25) is 0 Å². The molecule has 3 aromatic rings. The smallest absolute Gasteiger partial charge is 0.272 e. The summed E-state index contributed by atoms with van der Waals surface area (Å²) in [5, 5.41) is 7.91. The summed E-state index contributed by atoms with van der Waals surface area (Å²) in [5.41, 5.74) is -0.731. The van der Waals surface area contributed by atoms with Gasteiger partial charge in [-0.2, -0.15) is 0 Å². The van der Waals surface area contributed by atoms with Crippen molar-refractivity contribution in [2.45, 2.75) is 0 Å². The quantitative estimate of drug-likeness (QED) is 0.473. The Hall–Kier alpha value is -2.43. The van der Waals surface area contributed by atoms with E-state index in [0.717, 1.165) is 0 Å². The Morgan fingerprint density at radius 2 is 1.81 bits per heavy atom. The highest BCUT2D eigenvalue weighted by Crippen LogP contribution is 2.22. The summed E-state index contributed by atoms with van der Waals surface area (Å²) in [4.78, 5) is 41.7. The highest BCUT2D eigenvalue weighted by Gasteiger charge is 2.11. The molecule has 0 aliphatic rings. The standard InChI is InChI=1S/C12H8IN5O3/c13-8-9(14-4-15-12(8)21)16-6-3-1-2-5-7(6)11(20)18-17-10(5)19/h1-4H,(H,17,19)(H,18,20)(H2,14,15,16,21). The first kappa shape index (κ1) is 13.5. The van der Waals surface area contributed by atoms with Gasteiger partial charge in [0.25, 0.3) is 16.7 Å². The molecule has 0 aliphatic carbocycles. The summed E-state index contributed by atoms with van der Waals surface area (Å²) in [6.45, 7) is 0. The van der Waals surface area contributed by atoms with Gasteiger partial charge in [-0.15, -0.1) is 0 Å². The molecule has 0 saturated heterocycles. The Balaban J connectivity index is 2.25. The van der Waals surface area contributed by atoms with E-state index in [1.807, 2.05) is 22.6 Å². The maximum Gasteiger partial charge on any atom is 0.272 e. The van der Waals surface area contributed by atoms with Crippen molar-refractivity contribution in [1.82, 2.24) is 20.2 Å². The molecule has 3 rings (SSSR count). The Labute approximate surface area is 129 Å². The maximum atomic E-state index is 11.9. The molecule has 8 nitrogen and oxygen atoms in total. The monoisotopic (exact) mass is 397 g/mol. The Kier molecular flexibility index (Phi) is 3.33. The van der Waals surface area contributed by atoms with Gasteiger partial charge in [0, 0.05) is 0 Å². The summed E-state index contributed by atoms with van der Waals surface area (Å²) >= 11 is 1.85. The van der Waals surface area contributed by atoms with Crippen molar-refractivity contribution >= 4 is 44.9 Å². The van der Waals surface area contributed by atoms with Crippen LogP contribution < -0.4 is 22.0 Å². The second-order valence-electron chi connectivity index (χ2n) is 4.16. The first-order chi connectivity index (χ1) is 10.1. The predicted octanol–water partition coefficient (Wildman–Crippen LogP) is 0.648. The topological polar surface area (TPSA) is 123 Å². The third-order valence-electron chi connectivity index (χ3n) is 2.88. The van der Waals surface area contributed by atoms with E-state index in [4.69, 9.17) is 0 Å². The number of benzene rings is 1. The third-order valence-corrected chi connectivity index (χ3v) is 3.88. The highest BCUT2D eigenvalue weighted by molar-refractivity contribution is 14.1. The molecule has 9 heteroatoms. The fraction of sp³-hybridized carbons (Fsp3) is 0. The number of nitrogens with one attached hydrogen (secondary N) is 4. The first-order valence-corrected chi connectivity index (χ1v) is 6.89. The lowest BCUT2D eigenvalue weighted by Crippen LogP contribution is -2.20. The van der Waals surface area contributed by atoms with Gasteiger partial charge >= 0.3 is 0 Å². The lowest BCUT2D eigenvalue weighted by atomic mass is 10.1. The zero-order chi connectivity index (χ0) is 15.0. The predicted molar refractivity (Wildman–Crippen MR) is 86.0 cm³/mol. The van der Waals surface area contributed by atoms with Crippen LogP contribution in [-0.2, 0) is 0 Å². The number of H-pyrrole nitrogens is 3. The summed E-state index contributed by atoms with van der Waals surface area (Å²) in [5.74, 6) is 0.312. The van der Waals surface area contributed by atoms with Gasteiger partial charge in [-0.1, -0.05) is 6.07 Å². The second kappa shape index (κ2) is 5.16. The number of hydrogen-bond donors (Lipinski definition) is 4. The highest BCUT2D eigenvalue weighted by atomic mass is 127. The fourth-order valence-corrected chi connectivity index (χ4v) is 2.36. The zero-order valence-electron chi connectivity index (χ0n) is 10.4. The minimum atomic E-state index is -0.437. The number of aromatic nitrogens is 4. The van der Waals surface area contributed by atoms with E-state index in [9.17, 15) is 14.4 Å². The van der Waals surface area contributed by atoms with Gasteiger partial charge in [0.2, 0.25) is 0 Å². The van der Waals surface area contributed by atoms with E-state index in [-0.39, 0.29) is 16.3 Å². The van der Waals surface area contributed by atoms with E-state index in [0.29, 0.717) is 15.1 Å². The van der Waals surface area contributed by atoms with Crippen LogP contribution in [0, 0.1) is 3.57 Å². The summed E-state index contributed by atoms with van der Waals surface area (Å²) in [6, 6.07) is 4.82. The normalized spacial score (nSPS) is 10.7. The molecule has 106 valence electrons. The number of halogens is 1.